The third kappa shape index (κ3) is 2.48. The molecule has 1 saturated heterocycles. The molecular formula is C14H20N2OS. The minimum Gasteiger partial charge on any atom is -0.399 e. The summed E-state index contributed by atoms with van der Waals surface area (Å²) in [7, 11) is 0. The summed E-state index contributed by atoms with van der Waals surface area (Å²) in [6.07, 6.45) is 2.07. The van der Waals surface area contributed by atoms with E-state index < -0.39 is 0 Å². The summed E-state index contributed by atoms with van der Waals surface area (Å²) in [5.74, 6) is 1.18. The smallest absolute Gasteiger partial charge is 0.240 e. The monoisotopic (exact) mass is 264 g/mol. The number of rotatable bonds is 2. The van der Waals surface area contributed by atoms with Crippen molar-refractivity contribution in [1.82, 2.24) is 0 Å². The van der Waals surface area contributed by atoms with Crippen molar-refractivity contribution in [2.75, 3.05) is 16.8 Å². The van der Waals surface area contributed by atoms with Crippen LogP contribution in [0.15, 0.2) is 12.1 Å². The molecule has 3 nitrogen and oxygen atoms in total. The van der Waals surface area contributed by atoms with E-state index in [1.807, 2.05) is 32.9 Å². The van der Waals surface area contributed by atoms with Gasteiger partial charge in [-0.25, -0.2) is 0 Å². The normalized spacial score (nSPS) is 23.1. The van der Waals surface area contributed by atoms with Gasteiger partial charge in [0.25, 0.3) is 0 Å². The molecule has 0 bridgehead atoms. The molecule has 0 spiro atoms. The molecule has 0 aromatic heterocycles. The largest absolute Gasteiger partial charge is 0.399 e. The molecule has 1 fully saturated rings. The summed E-state index contributed by atoms with van der Waals surface area (Å²) in [6.45, 7) is 5.95. The molecule has 0 radical (unpaired) electrons. The Kier molecular flexibility index (Phi) is 3.57. The summed E-state index contributed by atoms with van der Waals surface area (Å²) < 4.78 is -0.276. The molecule has 0 aliphatic carbocycles. The minimum atomic E-state index is -0.276. The maximum atomic E-state index is 12.3. The van der Waals surface area contributed by atoms with Crippen LogP contribution in [0.2, 0.25) is 0 Å². The number of nitrogens with two attached hydrogens (primary N) is 1. The summed E-state index contributed by atoms with van der Waals surface area (Å²) in [4.78, 5) is 12.3. The molecule has 4 heteroatoms. The molecule has 1 amide bonds. The molecule has 0 saturated carbocycles. The summed E-state index contributed by atoms with van der Waals surface area (Å²) in [5.41, 5.74) is 9.51. The van der Waals surface area contributed by atoms with Crippen molar-refractivity contribution in [3.63, 3.8) is 0 Å². The molecule has 1 heterocycles. The van der Waals surface area contributed by atoms with Gasteiger partial charge >= 0.3 is 0 Å². The average Bonchev–Trinajstić information content (AvgIpc) is 2.74. The average molecular weight is 264 g/mol. The van der Waals surface area contributed by atoms with Crippen LogP contribution in [0.1, 0.15) is 30.9 Å². The van der Waals surface area contributed by atoms with Crippen LogP contribution in [-0.4, -0.2) is 16.4 Å². The molecular weight excluding hydrogens is 244 g/mol. The third-order valence-corrected chi connectivity index (χ3v) is 5.08. The molecule has 1 aliphatic heterocycles. The second kappa shape index (κ2) is 4.84. The van der Waals surface area contributed by atoms with Gasteiger partial charge in [-0.1, -0.05) is 0 Å². The van der Waals surface area contributed by atoms with Crippen LogP contribution in [-0.2, 0) is 4.79 Å². The van der Waals surface area contributed by atoms with Crippen molar-refractivity contribution < 1.29 is 4.79 Å². The molecule has 1 aliphatic rings. The fourth-order valence-electron chi connectivity index (χ4n) is 2.19. The molecule has 1 unspecified atom stereocenters. The van der Waals surface area contributed by atoms with Gasteiger partial charge in [0.15, 0.2) is 0 Å². The molecule has 1 atom stereocenters. The Balaban J connectivity index is 2.19. The quantitative estimate of drug-likeness (QED) is 0.807. The third-order valence-electron chi connectivity index (χ3n) is 3.56. The van der Waals surface area contributed by atoms with E-state index in [9.17, 15) is 4.79 Å². The number of amides is 1. The number of nitrogens with one attached hydrogen (secondary N) is 1. The van der Waals surface area contributed by atoms with Crippen LogP contribution >= 0.6 is 11.8 Å². The predicted molar refractivity (Wildman–Crippen MR) is 79.1 cm³/mol. The fraction of sp³-hybridized carbons (Fsp3) is 0.500. The van der Waals surface area contributed by atoms with E-state index in [2.05, 4.69) is 5.32 Å². The van der Waals surface area contributed by atoms with Gasteiger partial charge in [0, 0.05) is 11.4 Å². The highest BCUT2D eigenvalue weighted by Gasteiger charge is 2.37. The SMILES string of the molecule is Cc1cc(NC(=O)C2(C)CCCS2)c(C)cc1N. The molecule has 18 heavy (non-hydrogen) atoms. The van der Waals surface area contributed by atoms with Crippen LogP contribution < -0.4 is 11.1 Å². The standard InChI is InChI=1S/C14H20N2OS/c1-9-8-12(10(2)7-11(9)15)16-13(17)14(3)5-4-6-18-14/h7-8H,4-6,15H2,1-3H3,(H,16,17). The first-order valence-electron chi connectivity index (χ1n) is 6.24. The zero-order valence-electron chi connectivity index (χ0n) is 11.2. The maximum Gasteiger partial charge on any atom is 0.240 e. The number of hydrogen-bond acceptors (Lipinski definition) is 3. The summed E-state index contributed by atoms with van der Waals surface area (Å²) in [5, 5.41) is 3.05. The van der Waals surface area contributed by atoms with Gasteiger partial charge in [0.1, 0.15) is 0 Å². The number of carbonyl (C=O) groups excluding carboxylic acids is 1. The van der Waals surface area contributed by atoms with Crippen molar-refractivity contribution >= 4 is 29.0 Å². The van der Waals surface area contributed by atoms with Gasteiger partial charge in [-0.2, -0.15) is 0 Å². The first-order valence-corrected chi connectivity index (χ1v) is 7.23. The van der Waals surface area contributed by atoms with Crippen molar-refractivity contribution in [1.29, 1.82) is 0 Å². The van der Waals surface area contributed by atoms with Crippen LogP contribution in [0.5, 0.6) is 0 Å². The molecule has 1 aromatic carbocycles. The Labute approximate surface area is 113 Å². The second-order valence-corrected chi connectivity index (χ2v) is 6.76. The van der Waals surface area contributed by atoms with Crippen LogP contribution in [0.25, 0.3) is 0 Å². The van der Waals surface area contributed by atoms with Gasteiger partial charge in [0.05, 0.1) is 4.75 Å². The Morgan fingerprint density at radius 3 is 2.72 bits per heavy atom. The minimum absolute atomic E-state index is 0.109. The number of aryl methyl sites for hydroxylation is 2. The first kappa shape index (κ1) is 13.3. The number of anilines is 2. The topological polar surface area (TPSA) is 55.1 Å². The lowest BCUT2D eigenvalue weighted by Gasteiger charge is -2.22. The van der Waals surface area contributed by atoms with E-state index in [4.69, 9.17) is 5.73 Å². The lowest BCUT2D eigenvalue weighted by Crippen LogP contribution is -2.34. The molecule has 1 aromatic rings. The number of hydrogen-bond donors (Lipinski definition) is 2. The first-order chi connectivity index (χ1) is 8.42. The van der Waals surface area contributed by atoms with Crippen molar-refractivity contribution in [3.05, 3.63) is 23.3 Å². The van der Waals surface area contributed by atoms with E-state index >= 15 is 0 Å². The lowest BCUT2D eigenvalue weighted by atomic mass is 10.0. The van der Waals surface area contributed by atoms with Crippen LogP contribution in [0.3, 0.4) is 0 Å². The highest BCUT2D eigenvalue weighted by atomic mass is 32.2. The van der Waals surface area contributed by atoms with Crippen molar-refractivity contribution in [3.8, 4) is 0 Å². The van der Waals surface area contributed by atoms with Gasteiger partial charge in [-0.05, 0) is 62.6 Å². The summed E-state index contributed by atoms with van der Waals surface area (Å²) >= 11 is 1.75. The van der Waals surface area contributed by atoms with Crippen LogP contribution in [0, 0.1) is 13.8 Å². The van der Waals surface area contributed by atoms with Gasteiger partial charge in [-0.3, -0.25) is 4.79 Å². The van der Waals surface area contributed by atoms with E-state index in [0.29, 0.717) is 0 Å². The molecule has 2 rings (SSSR count). The number of thioether (sulfide) groups is 1. The van der Waals surface area contributed by atoms with E-state index in [-0.39, 0.29) is 10.7 Å². The number of carbonyl (C=O) groups is 1. The maximum absolute atomic E-state index is 12.3. The fourth-order valence-corrected chi connectivity index (χ4v) is 3.40. The zero-order valence-corrected chi connectivity index (χ0v) is 12.0. The van der Waals surface area contributed by atoms with Crippen LogP contribution in [0.4, 0.5) is 11.4 Å². The Morgan fingerprint density at radius 1 is 1.39 bits per heavy atom. The Morgan fingerprint density at radius 2 is 2.11 bits per heavy atom. The van der Waals surface area contributed by atoms with Gasteiger partial charge in [0.2, 0.25) is 5.91 Å². The molecule has 98 valence electrons. The predicted octanol–water partition coefficient (Wildman–Crippen LogP) is 3.11. The van der Waals surface area contributed by atoms with Gasteiger partial charge in [-0.15, -0.1) is 11.8 Å². The van der Waals surface area contributed by atoms with Crippen molar-refractivity contribution in [2.45, 2.75) is 38.4 Å². The zero-order chi connectivity index (χ0) is 13.3. The summed E-state index contributed by atoms with van der Waals surface area (Å²) in [6, 6.07) is 3.86. The van der Waals surface area contributed by atoms with E-state index in [0.717, 1.165) is 41.1 Å². The Hall–Kier alpha value is -1.16. The van der Waals surface area contributed by atoms with Gasteiger partial charge < -0.3 is 11.1 Å². The molecule has 3 N–H and O–H groups in total. The number of nitrogen functional groups attached to an aromatic ring is 1. The Bertz CT molecular complexity index is 479. The highest BCUT2D eigenvalue weighted by molar-refractivity contribution is 8.01. The van der Waals surface area contributed by atoms with E-state index in [1.54, 1.807) is 11.8 Å². The second-order valence-electron chi connectivity index (χ2n) is 5.16. The van der Waals surface area contributed by atoms with E-state index in [1.165, 1.54) is 0 Å². The highest BCUT2D eigenvalue weighted by Crippen LogP contribution is 2.38. The van der Waals surface area contributed by atoms with Crippen molar-refractivity contribution in [2.24, 2.45) is 0 Å². The lowest BCUT2D eigenvalue weighted by molar-refractivity contribution is -0.118. The number of benzene rings is 1.